The molecule has 0 saturated heterocycles. The van der Waals surface area contributed by atoms with Crippen molar-refractivity contribution in [1.82, 2.24) is 0 Å². The normalized spacial score (nSPS) is 13.8. The van der Waals surface area contributed by atoms with E-state index in [0.717, 1.165) is 6.42 Å². The summed E-state index contributed by atoms with van der Waals surface area (Å²) < 4.78 is 16.0. The van der Waals surface area contributed by atoms with Crippen LogP contribution in [0.4, 0.5) is 0 Å². The maximum absolute atomic E-state index is 10.1. The highest BCUT2D eigenvalue weighted by atomic mass is 16.5. The Morgan fingerprint density at radius 1 is 1.17 bits per heavy atom. The third kappa shape index (κ3) is 4.11. The van der Waals surface area contributed by atoms with Crippen molar-refractivity contribution in [3.8, 4) is 17.2 Å². The van der Waals surface area contributed by atoms with E-state index in [-0.39, 0.29) is 6.61 Å². The minimum atomic E-state index is -0.831. The number of ether oxygens (including phenoxy) is 3. The van der Waals surface area contributed by atoms with E-state index in [2.05, 4.69) is 0 Å². The van der Waals surface area contributed by atoms with E-state index in [1.165, 1.54) is 0 Å². The smallest absolute Gasteiger partial charge is 0.164 e. The molecule has 0 aliphatic heterocycles. The summed E-state index contributed by atoms with van der Waals surface area (Å²) in [6, 6.07) is 5.33. The van der Waals surface area contributed by atoms with Gasteiger partial charge < -0.3 is 19.3 Å². The molecule has 0 fully saturated rings. The predicted octanol–water partition coefficient (Wildman–Crippen LogP) is 2.63. The summed E-state index contributed by atoms with van der Waals surface area (Å²) in [5, 5.41) is 10.1. The number of methoxy groups -OCH3 is 2. The van der Waals surface area contributed by atoms with Crippen LogP contribution in [0.25, 0.3) is 0 Å². The van der Waals surface area contributed by atoms with Crippen molar-refractivity contribution in [2.45, 2.75) is 32.3 Å². The molecular weight excluding hydrogens is 232 g/mol. The molecule has 0 aliphatic carbocycles. The first-order valence-corrected chi connectivity index (χ1v) is 6.09. The maximum Gasteiger partial charge on any atom is 0.164 e. The third-order valence-corrected chi connectivity index (χ3v) is 2.70. The molecule has 1 aromatic rings. The molecule has 0 heterocycles. The molecule has 0 aliphatic rings. The van der Waals surface area contributed by atoms with Crippen molar-refractivity contribution < 1.29 is 19.3 Å². The zero-order chi connectivity index (χ0) is 13.6. The minimum absolute atomic E-state index is 0.227. The average Bonchev–Trinajstić information content (AvgIpc) is 2.36. The van der Waals surface area contributed by atoms with Crippen molar-refractivity contribution in [3.63, 3.8) is 0 Å². The molecule has 1 N–H and O–H groups in total. The molecule has 1 unspecified atom stereocenters. The largest absolute Gasteiger partial charge is 0.497 e. The van der Waals surface area contributed by atoms with Gasteiger partial charge in [0.1, 0.15) is 12.4 Å². The lowest BCUT2D eigenvalue weighted by atomic mass is 10.0. The highest BCUT2D eigenvalue weighted by molar-refractivity contribution is 5.45. The Balaban J connectivity index is 2.76. The Labute approximate surface area is 108 Å². The second-order valence-electron chi connectivity index (χ2n) is 4.55. The summed E-state index contributed by atoms with van der Waals surface area (Å²) in [6.07, 6.45) is 1.60. The highest BCUT2D eigenvalue weighted by Gasteiger charge is 2.21. The van der Waals surface area contributed by atoms with Gasteiger partial charge in [-0.3, -0.25) is 0 Å². The minimum Gasteiger partial charge on any atom is -0.497 e. The number of benzene rings is 1. The molecule has 0 amide bonds. The second kappa shape index (κ2) is 6.50. The molecule has 0 saturated carbocycles. The molecule has 0 radical (unpaired) electrons. The molecule has 18 heavy (non-hydrogen) atoms. The van der Waals surface area contributed by atoms with Crippen molar-refractivity contribution in [3.05, 3.63) is 18.2 Å². The molecule has 0 spiro atoms. The number of aliphatic hydroxyl groups is 1. The summed E-state index contributed by atoms with van der Waals surface area (Å²) in [4.78, 5) is 0. The Morgan fingerprint density at radius 2 is 1.89 bits per heavy atom. The van der Waals surface area contributed by atoms with Crippen LogP contribution in [0.2, 0.25) is 0 Å². The molecule has 1 aromatic carbocycles. The summed E-state index contributed by atoms with van der Waals surface area (Å²) in [5.41, 5.74) is -0.831. The van der Waals surface area contributed by atoms with Crippen molar-refractivity contribution >= 4 is 0 Å². The molecule has 102 valence electrons. The molecule has 1 atom stereocenters. The number of hydrogen-bond donors (Lipinski definition) is 1. The van der Waals surface area contributed by atoms with Crippen LogP contribution in [0.1, 0.15) is 26.7 Å². The fourth-order valence-corrected chi connectivity index (χ4v) is 1.74. The Bertz CT molecular complexity index is 374. The van der Waals surface area contributed by atoms with Gasteiger partial charge in [-0.1, -0.05) is 13.3 Å². The molecule has 4 heteroatoms. The lowest BCUT2D eigenvalue weighted by molar-refractivity contribution is 0.00310. The lowest BCUT2D eigenvalue weighted by Gasteiger charge is -2.23. The van der Waals surface area contributed by atoms with E-state index in [9.17, 15) is 5.11 Å². The molecule has 0 aromatic heterocycles. The maximum atomic E-state index is 10.1. The third-order valence-electron chi connectivity index (χ3n) is 2.70. The fraction of sp³-hybridized carbons (Fsp3) is 0.571. The topological polar surface area (TPSA) is 47.9 Å². The van der Waals surface area contributed by atoms with Gasteiger partial charge in [-0.2, -0.15) is 0 Å². The van der Waals surface area contributed by atoms with E-state index >= 15 is 0 Å². The summed E-state index contributed by atoms with van der Waals surface area (Å²) in [7, 11) is 3.18. The highest BCUT2D eigenvalue weighted by Crippen LogP contribution is 2.32. The van der Waals surface area contributed by atoms with Gasteiger partial charge in [-0.05, 0) is 25.5 Å². The van der Waals surface area contributed by atoms with Gasteiger partial charge in [-0.25, -0.2) is 0 Å². The Hall–Kier alpha value is -1.42. The number of rotatable bonds is 7. The van der Waals surface area contributed by atoms with Crippen LogP contribution < -0.4 is 14.2 Å². The van der Waals surface area contributed by atoms with E-state index in [4.69, 9.17) is 14.2 Å². The summed E-state index contributed by atoms with van der Waals surface area (Å²) in [5.74, 6) is 1.90. The van der Waals surface area contributed by atoms with Crippen LogP contribution in [-0.4, -0.2) is 31.5 Å². The SMILES string of the molecule is CCCC(C)(O)COc1cc(OC)ccc1OC. The van der Waals surface area contributed by atoms with Crippen molar-refractivity contribution in [1.29, 1.82) is 0 Å². The Kier molecular flexibility index (Phi) is 5.28. The molecule has 1 rings (SSSR count). The predicted molar refractivity (Wildman–Crippen MR) is 70.6 cm³/mol. The van der Waals surface area contributed by atoms with Gasteiger partial charge in [-0.15, -0.1) is 0 Å². The molecular formula is C14H22O4. The van der Waals surface area contributed by atoms with E-state index in [0.29, 0.717) is 23.7 Å². The van der Waals surface area contributed by atoms with Crippen molar-refractivity contribution in [2.24, 2.45) is 0 Å². The summed E-state index contributed by atoms with van der Waals surface area (Å²) in [6.45, 7) is 4.02. The first kappa shape index (κ1) is 14.6. The van der Waals surface area contributed by atoms with Crippen LogP contribution in [0.3, 0.4) is 0 Å². The number of hydrogen-bond acceptors (Lipinski definition) is 4. The summed E-state index contributed by atoms with van der Waals surface area (Å²) >= 11 is 0. The first-order valence-electron chi connectivity index (χ1n) is 6.09. The zero-order valence-corrected chi connectivity index (χ0v) is 11.5. The van der Waals surface area contributed by atoms with Crippen LogP contribution in [0.15, 0.2) is 18.2 Å². The van der Waals surface area contributed by atoms with Gasteiger partial charge in [0.15, 0.2) is 11.5 Å². The lowest BCUT2D eigenvalue weighted by Crippen LogP contribution is -2.32. The quantitative estimate of drug-likeness (QED) is 0.812. The average molecular weight is 254 g/mol. The van der Waals surface area contributed by atoms with Gasteiger partial charge in [0.05, 0.1) is 19.8 Å². The Morgan fingerprint density at radius 3 is 2.44 bits per heavy atom. The van der Waals surface area contributed by atoms with Gasteiger partial charge >= 0.3 is 0 Å². The van der Waals surface area contributed by atoms with Crippen LogP contribution in [0, 0.1) is 0 Å². The van der Waals surface area contributed by atoms with Crippen LogP contribution in [0.5, 0.6) is 17.2 Å². The van der Waals surface area contributed by atoms with Crippen molar-refractivity contribution in [2.75, 3.05) is 20.8 Å². The first-order chi connectivity index (χ1) is 8.52. The van der Waals surface area contributed by atoms with E-state index in [1.54, 1.807) is 39.3 Å². The second-order valence-corrected chi connectivity index (χ2v) is 4.55. The van der Waals surface area contributed by atoms with Gasteiger partial charge in [0, 0.05) is 6.07 Å². The van der Waals surface area contributed by atoms with Gasteiger partial charge in [0.25, 0.3) is 0 Å². The van der Waals surface area contributed by atoms with Crippen LogP contribution in [-0.2, 0) is 0 Å². The van der Waals surface area contributed by atoms with E-state index in [1.807, 2.05) is 6.92 Å². The van der Waals surface area contributed by atoms with Crippen LogP contribution >= 0.6 is 0 Å². The zero-order valence-electron chi connectivity index (χ0n) is 11.5. The fourth-order valence-electron chi connectivity index (χ4n) is 1.74. The molecule has 0 bridgehead atoms. The monoisotopic (exact) mass is 254 g/mol. The molecule has 4 nitrogen and oxygen atoms in total. The van der Waals surface area contributed by atoms with E-state index < -0.39 is 5.60 Å². The van der Waals surface area contributed by atoms with Gasteiger partial charge in [0.2, 0.25) is 0 Å². The standard InChI is InChI=1S/C14H22O4/c1-5-8-14(2,15)10-18-13-9-11(16-3)6-7-12(13)17-4/h6-7,9,15H,5,8,10H2,1-4H3.